The average molecular weight is 501 g/mol. The molecule has 184 valence electrons. The molecule has 2 N–H and O–H groups in total. The van der Waals surface area contributed by atoms with Crippen LogP contribution in [0.25, 0.3) is 16.7 Å². The number of carbonyl (C=O) groups is 1. The Bertz CT molecular complexity index is 1730. The lowest BCUT2D eigenvalue weighted by Crippen LogP contribution is -2.29. The number of aromatic amines is 1. The van der Waals surface area contributed by atoms with Crippen LogP contribution in [0.2, 0.25) is 0 Å². The smallest absolute Gasteiger partial charge is 0.271 e. The molecule has 0 saturated heterocycles. The Balaban J connectivity index is 1.30. The molecule has 9 nitrogen and oxygen atoms in total. The van der Waals surface area contributed by atoms with E-state index in [1.54, 1.807) is 12.3 Å². The second-order valence-corrected chi connectivity index (χ2v) is 8.25. The molecule has 0 fully saturated rings. The first-order chi connectivity index (χ1) is 18.0. The van der Waals surface area contributed by atoms with Crippen molar-refractivity contribution in [1.29, 1.82) is 0 Å². The standard InChI is InChI=1S/C26H17F2N5O4/c27-15-1-4-17(5-2-15)33-13-14-8-10-36-23(14)22(26(33)35)25(34)31-16-3-6-21(19(28)11-16)37-20-7-9-29-24-18(20)12-30-32-24/h1-7,9,11-13H,8,10H2,(H,31,34)(H,29,30,32). The highest BCUT2D eigenvalue weighted by Gasteiger charge is 2.27. The lowest BCUT2D eigenvalue weighted by Gasteiger charge is -2.13. The van der Waals surface area contributed by atoms with Crippen LogP contribution in [0.4, 0.5) is 14.5 Å². The fourth-order valence-electron chi connectivity index (χ4n) is 4.14. The summed E-state index contributed by atoms with van der Waals surface area (Å²) < 4.78 is 40.8. The van der Waals surface area contributed by atoms with Gasteiger partial charge in [-0.1, -0.05) is 0 Å². The molecule has 37 heavy (non-hydrogen) atoms. The molecule has 3 aromatic heterocycles. The van der Waals surface area contributed by atoms with E-state index in [4.69, 9.17) is 9.47 Å². The van der Waals surface area contributed by atoms with Gasteiger partial charge in [-0.05, 0) is 42.5 Å². The predicted octanol–water partition coefficient (Wildman–Crippen LogP) is 4.37. The highest BCUT2D eigenvalue weighted by atomic mass is 19.1. The van der Waals surface area contributed by atoms with E-state index >= 15 is 0 Å². The van der Waals surface area contributed by atoms with Gasteiger partial charge in [-0.25, -0.2) is 13.8 Å². The molecule has 11 heteroatoms. The third-order valence-electron chi connectivity index (χ3n) is 5.91. The van der Waals surface area contributed by atoms with Gasteiger partial charge in [0.05, 0.1) is 18.2 Å². The minimum absolute atomic E-state index is 0.0747. The lowest BCUT2D eigenvalue weighted by molar-refractivity contribution is 0.102. The van der Waals surface area contributed by atoms with Gasteiger partial charge in [0.25, 0.3) is 11.5 Å². The van der Waals surface area contributed by atoms with E-state index in [0.717, 1.165) is 6.07 Å². The van der Waals surface area contributed by atoms with E-state index in [1.807, 2.05) is 0 Å². The summed E-state index contributed by atoms with van der Waals surface area (Å²) in [6, 6.07) is 10.8. The zero-order chi connectivity index (χ0) is 25.5. The number of amides is 1. The van der Waals surface area contributed by atoms with Crippen LogP contribution in [-0.4, -0.2) is 32.3 Å². The number of anilines is 1. The fraction of sp³-hybridized carbons (Fsp3) is 0.0769. The maximum Gasteiger partial charge on any atom is 0.271 e. The monoisotopic (exact) mass is 501 g/mol. The number of nitrogens with one attached hydrogen (secondary N) is 2. The van der Waals surface area contributed by atoms with Crippen molar-refractivity contribution in [2.75, 3.05) is 11.9 Å². The van der Waals surface area contributed by atoms with Gasteiger partial charge >= 0.3 is 0 Å². The van der Waals surface area contributed by atoms with Gasteiger partial charge in [-0.2, -0.15) is 5.10 Å². The van der Waals surface area contributed by atoms with Crippen molar-refractivity contribution in [2.45, 2.75) is 6.42 Å². The van der Waals surface area contributed by atoms with Crippen LogP contribution in [0.15, 0.2) is 71.9 Å². The van der Waals surface area contributed by atoms with E-state index in [-0.39, 0.29) is 22.7 Å². The summed E-state index contributed by atoms with van der Waals surface area (Å²) in [6.45, 7) is 0.308. The topological polar surface area (TPSA) is 111 Å². The Kier molecular flexibility index (Phi) is 5.37. The molecular weight excluding hydrogens is 484 g/mol. The van der Waals surface area contributed by atoms with Gasteiger partial charge in [0, 0.05) is 41.8 Å². The number of H-pyrrole nitrogens is 1. The van der Waals surface area contributed by atoms with Crippen molar-refractivity contribution in [2.24, 2.45) is 0 Å². The SMILES string of the molecule is O=C(Nc1ccc(Oc2ccnc3[nH]ncc23)c(F)c1)c1c2c(cn(-c3ccc(F)cc3)c1=O)CCO2. The second kappa shape index (κ2) is 8.86. The van der Waals surface area contributed by atoms with Gasteiger partial charge in [-0.15, -0.1) is 0 Å². The number of rotatable bonds is 5. The number of ether oxygens (including phenoxy) is 2. The summed E-state index contributed by atoms with van der Waals surface area (Å²) in [5, 5.41) is 9.75. The lowest BCUT2D eigenvalue weighted by atomic mass is 10.1. The number of carbonyl (C=O) groups excluding carboxylic acids is 1. The van der Waals surface area contributed by atoms with Crippen LogP contribution < -0.4 is 20.3 Å². The number of pyridine rings is 2. The molecule has 0 spiro atoms. The minimum atomic E-state index is -0.762. The summed E-state index contributed by atoms with van der Waals surface area (Å²) in [4.78, 5) is 30.6. The molecule has 1 aliphatic heterocycles. The third-order valence-corrected chi connectivity index (χ3v) is 5.91. The number of nitrogens with zero attached hydrogens (tertiary/aromatic N) is 3. The zero-order valence-corrected chi connectivity index (χ0v) is 19.0. The highest BCUT2D eigenvalue weighted by molar-refractivity contribution is 6.06. The fourth-order valence-corrected chi connectivity index (χ4v) is 4.14. The summed E-state index contributed by atoms with van der Waals surface area (Å²) >= 11 is 0. The van der Waals surface area contributed by atoms with Crippen molar-refractivity contribution < 1.29 is 23.0 Å². The molecule has 2 aromatic carbocycles. The van der Waals surface area contributed by atoms with Gasteiger partial charge in [0.1, 0.15) is 22.9 Å². The van der Waals surface area contributed by atoms with Crippen molar-refractivity contribution in [3.8, 4) is 22.9 Å². The summed E-state index contributed by atoms with van der Waals surface area (Å²) in [6.07, 6.45) is 5.10. The number of halogens is 2. The van der Waals surface area contributed by atoms with Gasteiger partial charge in [-0.3, -0.25) is 19.3 Å². The third kappa shape index (κ3) is 4.05. The van der Waals surface area contributed by atoms with Crippen molar-refractivity contribution in [1.82, 2.24) is 19.7 Å². The number of fused-ring (bicyclic) bond motifs is 2. The van der Waals surface area contributed by atoms with Crippen LogP contribution in [0.5, 0.6) is 17.2 Å². The van der Waals surface area contributed by atoms with Gasteiger partial charge in [0.15, 0.2) is 17.2 Å². The first kappa shape index (κ1) is 22.4. The van der Waals surface area contributed by atoms with Crippen LogP contribution in [0.1, 0.15) is 15.9 Å². The van der Waals surface area contributed by atoms with Gasteiger partial charge < -0.3 is 14.8 Å². The first-order valence-electron chi connectivity index (χ1n) is 11.2. The van der Waals surface area contributed by atoms with E-state index in [0.29, 0.717) is 41.1 Å². The van der Waals surface area contributed by atoms with Crippen LogP contribution in [-0.2, 0) is 6.42 Å². The van der Waals surface area contributed by atoms with E-state index in [1.165, 1.54) is 53.4 Å². The average Bonchev–Trinajstić information content (AvgIpc) is 3.56. The molecular formula is C26H17F2N5O4. The van der Waals surface area contributed by atoms with E-state index in [2.05, 4.69) is 20.5 Å². The number of hydrogen-bond donors (Lipinski definition) is 2. The number of aromatic nitrogens is 4. The molecule has 0 saturated carbocycles. The maximum absolute atomic E-state index is 14.9. The second-order valence-electron chi connectivity index (χ2n) is 8.25. The molecule has 0 bridgehead atoms. The first-order valence-corrected chi connectivity index (χ1v) is 11.2. The molecule has 1 amide bonds. The Morgan fingerprint density at radius 2 is 1.95 bits per heavy atom. The molecule has 0 unspecified atom stereocenters. The normalized spacial score (nSPS) is 12.3. The van der Waals surface area contributed by atoms with E-state index in [9.17, 15) is 18.4 Å². The predicted molar refractivity (Wildman–Crippen MR) is 130 cm³/mol. The van der Waals surface area contributed by atoms with E-state index < -0.39 is 23.1 Å². The largest absolute Gasteiger partial charge is 0.492 e. The maximum atomic E-state index is 14.9. The van der Waals surface area contributed by atoms with Crippen molar-refractivity contribution in [3.05, 3.63) is 100 Å². The number of hydrogen-bond acceptors (Lipinski definition) is 6. The molecule has 5 aromatic rings. The highest BCUT2D eigenvalue weighted by Crippen LogP contribution is 2.32. The van der Waals surface area contributed by atoms with Crippen LogP contribution >= 0.6 is 0 Å². The summed E-state index contributed by atoms with van der Waals surface area (Å²) in [5.41, 5.74) is 0.788. The molecule has 6 rings (SSSR count). The summed E-state index contributed by atoms with van der Waals surface area (Å²) in [5.74, 6) is -1.48. The number of benzene rings is 2. The Morgan fingerprint density at radius 3 is 2.76 bits per heavy atom. The molecule has 0 atom stereocenters. The van der Waals surface area contributed by atoms with Crippen LogP contribution in [0.3, 0.4) is 0 Å². The Labute approximate surface area is 207 Å². The molecule has 0 radical (unpaired) electrons. The quantitative estimate of drug-likeness (QED) is 0.370. The van der Waals surface area contributed by atoms with Crippen LogP contribution in [0, 0.1) is 11.6 Å². The van der Waals surface area contributed by atoms with Crippen molar-refractivity contribution >= 4 is 22.6 Å². The van der Waals surface area contributed by atoms with Crippen molar-refractivity contribution in [3.63, 3.8) is 0 Å². The Morgan fingerprint density at radius 1 is 1.11 bits per heavy atom. The van der Waals surface area contributed by atoms with Gasteiger partial charge in [0.2, 0.25) is 0 Å². The molecule has 1 aliphatic rings. The molecule has 0 aliphatic carbocycles. The minimum Gasteiger partial charge on any atom is -0.492 e. The molecule has 4 heterocycles. The zero-order valence-electron chi connectivity index (χ0n) is 19.0. The summed E-state index contributed by atoms with van der Waals surface area (Å²) in [7, 11) is 0. The Hall–Kier alpha value is -5.06.